The Balaban J connectivity index is 1.97. The van der Waals surface area contributed by atoms with Gasteiger partial charge in [-0.15, -0.1) is 0 Å². The number of hydrogen-bond acceptors (Lipinski definition) is 4. The van der Waals surface area contributed by atoms with Crippen molar-refractivity contribution >= 4 is 11.6 Å². The number of benzene rings is 1. The number of nitrogens with zero attached hydrogens (tertiary/aromatic N) is 4. The highest BCUT2D eigenvalue weighted by molar-refractivity contribution is 5.91. The van der Waals surface area contributed by atoms with E-state index < -0.39 is 0 Å². The van der Waals surface area contributed by atoms with Crippen molar-refractivity contribution in [1.82, 2.24) is 14.8 Å². The molecular weight excluding hydrogens is 230 g/mol. The van der Waals surface area contributed by atoms with Crippen LogP contribution in [0.25, 0.3) is 0 Å². The van der Waals surface area contributed by atoms with Crippen molar-refractivity contribution in [2.75, 3.05) is 5.32 Å². The van der Waals surface area contributed by atoms with Gasteiger partial charge in [0, 0.05) is 5.69 Å². The molecule has 6 nitrogen and oxygen atoms in total. The van der Waals surface area contributed by atoms with Crippen molar-refractivity contribution < 1.29 is 4.79 Å². The number of aromatic nitrogens is 3. The first-order chi connectivity index (χ1) is 8.78. The number of hydrogen-bond donors (Lipinski definition) is 1. The van der Waals surface area contributed by atoms with Gasteiger partial charge in [-0.05, 0) is 17.7 Å². The molecule has 0 fully saturated rings. The summed E-state index contributed by atoms with van der Waals surface area (Å²) in [5, 5.41) is 15.0. The van der Waals surface area contributed by atoms with Crippen molar-refractivity contribution in [1.29, 1.82) is 5.26 Å². The molecule has 0 aliphatic carbocycles. The van der Waals surface area contributed by atoms with E-state index in [2.05, 4.69) is 15.4 Å². The number of nitrogens with one attached hydrogen (secondary N) is 1. The van der Waals surface area contributed by atoms with Gasteiger partial charge in [0.15, 0.2) is 0 Å². The van der Waals surface area contributed by atoms with Crippen LogP contribution in [0, 0.1) is 11.3 Å². The van der Waals surface area contributed by atoms with Crippen molar-refractivity contribution in [2.24, 2.45) is 0 Å². The number of amides is 1. The first kappa shape index (κ1) is 11.8. The molecule has 18 heavy (non-hydrogen) atoms. The summed E-state index contributed by atoms with van der Waals surface area (Å²) in [6, 6.07) is 9.17. The predicted molar refractivity (Wildman–Crippen MR) is 64.4 cm³/mol. The first-order valence-corrected chi connectivity index (χ1v) is 5.36. The molecule has 0 saturated carbocycles. The zero-order chi connectivity index (χ0) is 12.8. The van der Waals surface area contributed by atoms with Crippen LogP contribution in [-0.2, 0) is 11.3 Å². The molecule has 6 heteroatoms. The van der Waals surface area contributed by atoms with Crippen molar-refractivity contribution in [3.05, 3.63) is 42.5 Å². The molecule has 1 aromatic carbocycles. The van der Waals surface area contributed by atoms with E-state index in [1.54, 1.807) is 29.2 Å². The zero-order valence-corrected chi connectivity index (χ0v) is 9.58. The van der Waals surface area contributed by atoms with Crippen LogP contribution < -0.4 is 5.32 Å². The molecule has 0 unspecified atom stereocenters. The molecule has 1 N–H and O–H groups in total. The second kappa shape index (κ2) is 5.59. The standard InChI is InChI=1S/C12H11N5O/c13-6-5-12(18)16-11-3-1-10(2-4-11)7-17-9-14-8-15-17/h1-4,8-9H,5,7H2,(H,16,18). The van der Waals surface area contributed by atoms with Crippen molar-refractivity contribution in [2.45, 2.75) is 13.0 Å². The fourth-order valence-corrected chi connectivity index (χ4v) is 1.47. The van der Waals surface area contributed by atoms with E-state index in [-0.39, 0.29) is 12.3 Å². The third-order valence-corrected chi connectivity index (χ3v) is 2.29. The number of rotatable bonds is 4. The van der Waals surface area contributed by atoms with E-state index in [1.165, 1.54) is 6.33 Å². The normalized spacial score (nSPS) is 9.72. The molecular formula is C12H11N5O. The van der Waals surface area contributed by atoms with Crippen LogP contribution >= 0.6 is 0 Å². The Hall–Kier alpha value is -2.68. The molecule has 0 atom stereocenters. The van der Waals surface area contributed by atoms with Gasteiger partial charge in [0.25, 0.3) is 0 Å². The fourth-order valence-electron chi connectivity index (χ4n) is 1.47. The Labute approximate surface area is 104 Å². The first-order valence-electron chi connectivity index (χ1n) is 5.36. The third kappa shape index (κ3) is 3.15. The molecule has 0 radical (unpaired) electrons. The summed E-state index contributed by atoms with van der Waals surface area (Å²) in [7, 11) is 0. The van der Waals surface area contributed by atoms with Crippen LogP contribution in [-0.4, -0.2) is 20.7 Å². The zero-order valence-electron chi connectivity index (χ0n) is 9.58. The summed E-state index contributed by atoms with van der Waals surface area (Å²) in [5.74, 6) is -0.304. The third-order valence-electron chi connectivity index (χ3n) is 2.29. The van der Waals surface area contributed by atoms with Gasteiger partial charge in [-0.25, -0.2) is 9.67 Å². The minimum absolute atomic E-state index is 0.138. The highest BCUT2D eigenvalue weighted by Gasteiger charge is 2.01. The number of carbonyl (C=O) groups is 1. The lowest BCUT2D eigenvalue weighted by atomic mass is 10.2. The smallest absolute Gasteiger partial charge is 0.238 e. The second-order valence-electron chi connectivity index (χ2n) is 3.67. The van der Waals surface area contributed by atoms with E-state index in [0.717, 1.165) is 5.56 Å². The average molecular weight is 241 g/mol. The highest BCUT2D eigenvalue weighted by atomic mass is 16.1. The molecule has 90 valence electrons. The minimum Gasteiger partial charge on any atom is -0.325 e. The van der Waals surface area contributed by atoms with E-state index >= 15 is 0 Å². The fraction of sp³-hybridized carbons (Fsp3) is 0.167. The maximum absolute atomic E-state index is 11.2. The molecule has 0 aliphatic rings. The molecule has 2 aromatic rings. The van der Waals surface area contributed by atoms with Gasteiger partial charge in [0.05, 0.1) is 12.6 Å². The molecule has 0 saturated heterocycles. The summed E-state index contributed by atoms with van der Waals surface area (Å²) in [6.07, 6.45) is 2.99. The van der Waals surface area contributed by atoms with E-state index in [1.807, 2.05) is 12.1 Å². The van der Waals surface area contributed by atoms with Crippen LogP contribution in [0.15, 0.2) is 36.9 Å². The molecule has 1 amide bonds. The Kier molecular flexibility index (Phi) is 3.66. The summed E-state index contributed by atoms with van der Waals surface area (Å²) in [5.41, 5.74) is 1.73. The molecule has 0 spiro atoms. The van der Waals surface area contributed by atoms with Gasteiger partial charge >= 0.3 is 0 Å². The number of anilines is 1. The number of carbonyl (C=O) groups excluding carboxylic acids is 1. The highest BCUT2D eigenvalue weighted by Crippen LogP contribution is 2.10. The Morgan fingerprint density at radius 2 is 2.17 bits per heavy atom. The molecule has 1 heterocycles. The monoisotopic (exact) mass is 241 g/mol. The van der Waals surface area contributed by atoms with Crippen molar-refractivity contribution in [3.8, 4) is 6.07 Å². The second-order valence-corrected chi connectivity index (χ2v) is 3.67. The topological polar surface area (TPSA) is 83.6 Å². The lowest BCUT2D eigenvalue weighted by molar-refractivity contribution is -0.115. The minimum atomic E-state index is -0.304. The Bertz CT molecular complexity index is 553. The summed E-state index contributed by atoms with van der Waals surface area (Å²) >= 11 is 0. The summed E-state index contributed by atoms with van der Waals surface area (Å²) in [6.45, 7) is 0.631. The lowest BCUT2D eigenvalue weighted by Crippen LogP contribution is -2.10. The van der Waals surface area contributed by atoms with E-state index in [0.29, 0.717) is 12.2 Å². The average Bonchev–Trinajstić information content (AvgIpc) is 2.85. The summed E-state index contributed by atoms with van der Waals surface area (Å²) < 4.78 is 1.71. The largest absolute Gasteiger partial charge is 0.325 e. The summed E-state index contributed by atoms with van der Waals surface area (Å²) in [4.78, 5) is 15.1. The van der Waals surface area contributed by atoms with Crippen LogP contribution in [0.2, 0.25) is 0 Å². The predicted octanol–water partition coefficient (Wildman–Crippen LogP) is 1.18. The number of nitriles is 1. The van der Waals surface area contributed by atoms with Gasteiger partial charge in [-0.1, -0.05) is 12.1 Å². The van der Waals surface area contributed by atoms with Crippen molar-refractivity contribution in [3.63, 3.8) is 0 Å². The maximum Gasteiger partial charge on any atom is 0.238 e. The molecule has 0 bridgehead atoms. The van der Waals surface area contributed by atoms with Gasteiger partial charge in [0.2, 0.25) is 5.91 Å². The van der Waals surface area contributed by atoms with Crippen LogP contribution in [0.1, 0.15) is 12.0 Å². The SMILES string of the molecule is N#CCC(=O)Nc1ccc(Cn2cncn2)cc1. The van der Waals surface area contributed by atoms with Gasteiger partial charge in [-0.3, -0.25) is 4.79 Å². The van der Waals surface area contributed by atoms with E-state index in [9.17, 15) is 4.79 Å². The Morgan fingerprint density at radius 3 is 2.78 bits per heavy atom. The quantitative estimate of drug-likeness (QED) is 0.871. The lowest BCUT2D eigenvalue weighted by Gasteiger charge is -2.05. The Morgan fingerprint density at radius 1 is 1.39 bits per heavy atom. The van der Waals surface area contributed by atoms with E-state index in [4.69, 9.17) is 5.26 Å². The van der Waals surface area contributed by atoms with Gasteiger partial charge in [-0.2, -0.15) is 10.4 Å². The van der Waals surface area contributed by atoms with Crippen LogP contribution in [0.4, 0.5) is 5.69 Å². The van der Waals surface area contributed by atoms with Crippen LogP contribution in [0.5, 0.6) is 0 Å². The van der Waals surface area contributed by atoms with Gasteiger partial charge in [0.1, 0.15) is 19.1 Å². The molecule has 1 aromatic heterocycles. The van der Waals surface area contributed by atoms with Crippen LogP contribution in [0.3, 0.4) is 0 Å². The van der Waals surface area contributed by atoms with Gasteiger partial charge < -0.3 is 5.32 Å². The molecule has 0 aliphatic heterocycles. The maximum atomic E-state index is 11.2. The molecule has 2 rings (SSSR count).